The van der Waals surface area contributed by atoms with E-state index in [1.807, 2.05) is 13.8 Å². The van der Waals surface area contributed by atoms with Crippen molar-refractivity contribution in [3.8, 4) is 17.2 Å². The average Bonchev–Trinajstić information content (AvgIpc) is 3.42. The van der Waals surface area contributed by atoms with Gasteiger partial charge in [-0.1, -0.05) is 26.0 Å². The molecule has 13 nitrogen and oxygen atoms in total. The number of aliphatic hydroxyl groups excluding tert-OH is 1. The zero-order valence-electron chi connectivity index (χ0n) is 26.4. The molecular weight excluding hydrogens is 606 g/mol. The van der Waals surface area contributed by atoms with Gasteiger partial charge in [0.2, 0.25) is 6.79 Å². The molecule has 0 aliphatic carbocycles. The van der Waals surface area contributed by atoms with Crippen LogP contribution in [0.3, 0.4) is 0 Å². The van der Waals surface area contributed by atoms with Gasteiger partial charge in [0.25, 0.3) is 0 Å². The van der Waals surface area contributed by atoms with Crippen LogP contribution < -0.4 is 25.0 Å². The summed E-state index contributed by atoms with van der Waals surface area (Å²) in [6, 6.07) is 10.0. The van der Waals surface area contributed by atoms with E-state index >= 15 is 0 Å². The Morgan fingerprint density at radius 2 is 1.73 bits per heavy atom. The fourth-order valence-corrected chi connectivity index (χ4v) is 5.82. The van der Waals surface area contributed by atoms with Gasteiger partial charge >= 0.3 is 12.2 Å². The van der Waals surface area contributed by atoms with E-state index in [0.29, 0.717) is 49.6 Å². The number of ether oxygens (including phenoxy) is 4. The Hall–Kier alpha value is -3.75. The maximum absolute atomic E-state index is 13.3. The SMILES string of the molecule is CC(C)CNN(C(=O)O)[C@@H](Cc1ccc(OCCCCNC(=O)OC(C)(C)C)cc1)[C@@H](O)CS(=O)(=O)c1ccc2c(c1)OCO2. The first-order chi connectivity index (χ1) is 21.1. The number of carbonyl (C=O) groups is 2. The lowest BCUT2D eigenvalue weighted by Crippen LogP contribution is -2.56. The molecule has 2 aromatic rings. The van der Waals surface area contributed by atoms with Gasteiger partial charge in [-0.2, -0.15) is 0 Å². The first-order valence-corrected chi connectivity index (χ1v) is 16.5. The molecule has 0 fully saturated rings. The van der Waals surface area contributed by atoms with Crippen LogP contribution in [0.2, 0.25) is 0 Å². The van der Waals surface area contributed by atoms with Crippen molar-refractivity contribution in [1.29, 1.82) is 0 Å². The van der Waals surface area contributed by atoms with Gasteiger partial charge in [0, 0.05) is 19.2 Å². The normalized spacial score (nSPS) is 14.1. The number of nitrogens with one attached hydrogen (secondary N) is 2. The van der Waals surface area contributed by atoms with Crippen molar-refractivity contribution in [2.24, 2.45) is 5.92 Å². The number of hydrazine groups is 1. The molecular formula is C31H45N3O10S. The van der Waals surface area contributed by atoms with Gasteiger partial charge in [0.15, 0.2) is 21.3 Å². The first kappa shape index (κ1) is 35.7. The van der Waals surface area contributed by atoms with Gasteiger partial charge in [-0.3, -0.25) is 0 Å². The summed E-state index contributed by atoms with van der Waals surface area (Å²) in [6.07, 6.45) is -1.96. The van der Waals surface area contributed by atoms with Crippen molar-refractivity contribution in [1.82, 2.24) is 15.8 Å². The summed E-state index contributed by atoms with van der Waals surface area (Å²) in [7, 11) is -4.03. The molecule has 0 aromatic heterocycles. The summed E-state index contributed by atoms with van der Waals surface area (Å²) in [6.45, 7) is 10.3. The molecule has 0 bridgehead atoms. The summed E-state index contributed by atoms with van der Waals surface area (Å²) in [4.78, 5) is 23.9. The van der Waals surface area contributed by atoms with Crippen molar-refractivity contribution in [2.45, 2.75) is 76.5 Å². The smallest absolute Gasteiger partial charge is 0.422 e. The van der Waals surface area contributed by atoms with E-state index in [9.17, 15) is 28.2 Å². The minimum absolute atomic E-state index is 0.0181. The molecule has 1 aliphatic rings. The predicted octanol–water partition coefficient (Wildman–Crippen LogP) is 3.99. The highest BCUT2D eigenvalue weighted by Crippen LogP contribution is 2.34. The van der Waals surface area contributed by atoms with Crippen molar-refractivity contribution in [2.75, 3.05) is 32.2 Å². The van der Waals surface area contributed by atoms with Crippen molar-refractivity contribution >= 4 is 22.0 Å². The van der Waals surface area contributed by atoms with Crippen LogP contribution in [0.15, 0.2) is 47.4 Å². The monoisotopic (exact) mass is 651 g/mol. The molecule has 2 atom stereocenters. The predicted molar refractivity (Wildman–Crippen MR) is 166 cm³/mol. The van der Waals surface area contributed by atoms with Gasteiger partial charge < -0.3 is 34.5 Å². The van der Waals surface area contributed by atoms with Crippen LogP contribution >= 0.6 is 0 Å². The molecule has 0 unspecified atom stereocenters. The molecule has 2 aromatic carbocycles. The lowest BCUT2D eigenvalue weighted by atomic mass is 10.0. The zero-order valence-corrected chi connectivity index (χ0v) is 27.3. The summed E-state index contributed by atoms with van der Waals surface area (Å²) in [5.74, 6) is 0.674. The van der Waals surface area contributed by atoms with Crippen LogP contribution in [0.25, 0.3) is 0 Å². The summed E-state index contributed by atoms with van der Waals surface area (Å²) in [5.41, 5.74) is 2.95. The number of hydrogen-bond donors (Lipinski definition) is 4. The number of fused-ring (bicyclic) bond motifs is 1. The molecule has 14 heteroatoms. The molecule has 2 amide bonds. The second-order valence-electron chi connectivity index (χ2n) is 12.2. The van der Waals surface area contributed by atoms with Crippen molar-refractivity contribution in [3.05, 3.63) is 48.0 Å². The van der Waals surface area contributed by atoms with Crippen LogP contribution in [0, 0.1) is 5.92 Å². The molecule has 0 saturated heterocycles. The number of amides is 2. The minimum atomic E-state index is -4.03. The highest BCUT2D eigenvalue weighted by molar-refractivity contribution is 7.91. The number of benzene rings is 2. The molecule has 1 aliphatic heterocycles. The van der Waals surface area contributed by atoms with Gasteiger partial charge in [-0.05, 0) is 75.8 Å². The fourth-order valence-electron chi connectivity index (χ4n) is 4.39. The van der Waals surface area contributed by atoms with Crippen LogP contribution in [-0.2, 0) is 21.0 Å². The molecule has 3 rings (SSSR count). The molecule has 250 valence electrons. The minimum Gasteiger partial charge on any atom is -0.494 e. The maximum atomic E-state index is 13.3. The molecule has 45 heavy (non-hydrogen) atoms. The number of hydrogen-bond acceptors (Lipinski definition) is 10. The van der Waals surface area contributed by atoms with E-state index in [0.717, 1.165) is 5.01 Å². The lowest BCUT2D eigenvalue weighted by Gasteiger charge is -2.33. The third kappa shape index (κ3) is 11.6. The van der Waals surface area contributed by atoms with E-state index in [1.165, 1.54) is 18.2 Å². The topological polar surface area (TPSA) is 173 Å². The Balaban J connectivity index is 1.63. The average molecular weight is 652 g/mol. The second-order valence-corrected chi connectivity index (χ2v) is 14.2. The van der Waals surface area contributed by atoms with Gasteiger partial charge in [0.05, 0.1) is 29.4 Å². The summed E-state index contributed by atoms with van der Waals surface area (Å²) in [5, 5.41) is 24.8. The van der Waals surface area contributed by atoms with Gasteiger partial charge in [-0.15, -0.1) is 0 Å². The second kappa shape index (κ2) is 16.0. The van der Waals surface area contributed by atoms with Crippen LogP contribution in [0.1, 0.15) is 53.0 Å². The fraction of sp³-hybridized carbons (Fsp3) is 0.548. The Morgan fingerprint density at radius 3 is 2.38 bits per heavy atom. The van der Waals surface area contributed by atoms with Crippen molar-refractivity contribution in [3.63, 3.8) is 0 Å². The number of rotatable bonds is 16. The van der Waals surface area contributed by atoms with Gasteiger partial charge in [0.1, 0.15) is 11.4 Å². The largest absolute Gasteiger partial charge is 0.494 e. The third-order valence-electron chi connectivity index (χ3n) is 6.62. The van der Waals surface area contributed by atoms with Gasteiger partial charge in [-0.25, -0.2) is 28.4 Å². The zero-order chi connectivity index (χ0) is 33.2. The number of nitrogens with zero attached hydrogens (tertiary/aromatic N) is 1. The number of carbonyl (C=O) groups excluding carboxylic acids is 1. The first-order valence-electron chi connectivity index (χ1n) is 14.9. The quantitative estimate of drug-likeness (QED) is 0.153. The van der Waals surface area contributed by atoms with Crippen molar-refractivity contribution < 1.29 is 47.2 Å². The standard InChI is InChI=1S/C31H45N3O10S/c1-21(2)18-33-34(30(37)38)25(26(35)19-45(39,40)24-12-13-27-28(17-24)43-20-42-27)16-22-8-10-23(11-9-22)41-15-7-6-14-32-29(36)44-31(3,4)5/h8-13,17,21,25-26,33,35H,6-7,14-16,18-20H2,1-5H3,(H,32,36)(H,37,38)/t25-,26-/m0/s1. The van der Waals surface area contributed by atoms with E-state index < -0.39 is 45.5 Å². The Labute approximate surface area is 264 Å². The Bertz CT molecular complexity index is 1380. The molecule has 0 spiro atoms. The van der Waals surface area contributed by atoms with E-state index in [-0.39, 0.29) is 29.8 Å². The molecule has 0 radical (unpaired) electrons. The molecule has 0 saturated carbocycles. The van der Waals surface area contributed by atoms with E-state index in [1.54, 1.807) is 45.0 Å². The van der Waals surface area contributed by atoms with E-state index in [4.69, 9.17) is 18.9 Å². The third-order valence-corrected chi connectivity index (χ3v) is 8.37. The van der Waals surface area contributed by atoms with Crippen LogP contribution in [0.4, 0.5) is 9.59 Å². The number of aliphatic hydroxyl groups is 1. The van der Waals surface area contributed by atoms with E-state index in [2.05, 4.69) is 10.7 Å². The lowest BCUT2D eigenvalue weighted by molar-refractivity contribution is 0.0300. The Morgan fingerprint density at radius 1 is 1.04 bits per heavy atom. The molecule has 1 heterocycles. The number of alkyl carbamates (subject to hydrolysis) is 1. The maximum Gasteiger partial charge on any atom is 0.422 e. The Kier molecular flexibility index (Phi) is 12.7. The molecule has 4 N–H and O–H groups in total. The highest BCUT2D eigenvalue weighted by Gasteiger charge is 2.34. The van der Waals surface area contributed by atoms with Crippen LogP contribution in [0.5, 0.6) is 17.2 Å². The number of carboxylic acid groups (broad SMARTS) is 1. The summed E-state index contributed by atoms with van der Waals surface area (Å²) >= 11 is 0. The summed E-state index contributed by atoms with van der Waals surface area (Å²) < 4.78 is 48.1. The number of sulfone groups is 1. The number of unbranched alkanes of at least 4 members (excludes halogenated alkanes) is 1. The highest BCUT2D eigenvalue weighted by atomic mass is 32.2. The van der Waals surface area contributed by atoms with Crippen LogP contribution in [-0.4, -0.2) is 85.8 Å².